The van der Waals surface area contributed by atoms with E-state index >= 15 is 0 Å². The topological polar surface area (TPSA) is 20.3 Å². The summed E-state index contributed by atoms with van der Waals surface area (Å²) >= 11 is 0. The van der Waals surface area contributed by atoms with Gasteiger partial charge in [-0.25, -0.2) is 0 Å². The first-order valence-electron chi connectivity index (χ1n) is 5.59. The van der Waals surface area contributed by atoms with Gasteiger partial charge in [0.2, 0.25) is 0 Å². The summed E-state index contributed by atoms with van der Waals surface area (Å²) in [5.74, 6) is 0.928. The van der Waals surface area contributed by atoms with Gasteiger partial charge in [-0.2, -0.15) is 0 Å². The lowest BCUT2D eigenvalue weighted by molar-refractivity contribution is -0.130. The molecule has 1 aliphatic heterocycles. The molecule has 1 saturated carbocycles. The number of ketones is 1. The lowest BCUT2D eigenvalue weighted by Crippen LogP contribution is -2.50. The largest absolute Gasteiger partial charge is 0.300 e. The van der Waals surface area contributed by atoms with Crippen molar-refractivity contribution in [2.45, 2.75) is 45.1 Å². The van der Waals surface area contributed by atoms with Gasteiger partial charge in [-0.05, 0) is 19.4 Å². The van der Waals surface area contributed by atoms with Crippen LogP contribution in [-0.2, 0) is 4.79 Å². The minimum atomic E-state index is 0.391. The summed E-state index contributed by atoms with van der Waals surface area (Å²) in [7, 11) is 0. The molecule has 2 heteroatoms. The Bertz CT molecular complexity index is 202. The van der Waals surface area contributed by atoms with Gasteiger partial charge in [-0.1, -0.05) is 19.8 Å². The standard InChI is InChI=1S/C11H19NO/c1-2-12-8-7-11(13)9-5-3-4-6-10(9)12/h9-10H,2-8H2,1H3. The van der Waals surface area contributed by atoms with E-state index in [1.54, 1.807) is 0 Å². The van der Waals surface area contributed by atoms with Crippen LogP contribution in [0.4, 0.5) is 0 Å². The van der Waals surface area contributed by atoms with Crippen LogP contribution in [0.3, 0.4) is 0 Å². The van der Waals surface area contributed by atoms with E-state index in [1.807, 2.05) is 0 Å². The fourth-order valence-electron chi connectivity index (χ4n) is 2.92. The number of piperidine rings is 1. The summed E-state index contributed by atoms with van der Waals surface area (Å²) in [4.78, 5) is 14.2. The minimum Gasteiger partial charge on any atom is -0.300 e. The van der Waals surface area contributed by atoms with Crippen molar-refractivity contribution in [3.8, 4) is 0 Å². The highest BCUT2D eigenvalue weighted by atomic mass is 16.1. The highest BCUT2D eigenvalue weighted by molar-refractivity contribution is 5.82. The fourth-order valence-corrected chi connectivity index (χ4v) is 2.92. The molecular weight excluding hydrogens is 162 g/mol. The summed E-state index contributed by atoms with van der Waals surface area (Å²) in [6, 6.07) is 0.597. The average molecular weight is 181 g/mol. The Morgan fingerprint density at radius 1 is 1.38 bits per heavy atom. The highest BCUT2D eigenvalue weighted by Crippen LogP contribution is 2.32. The number of nitrogens with zero attached hydrogens (tertiary/aromatic N) is 1. The van der Waals surface area contributed by atoms with Gasteiger partial charge in [0, 0.05) is 24.9 Å². The monoisotopic (exact) mass is 181 g/mol. The first kappa shape index (κ1) is 9.20. The number of carbonyl (C=O) groups is 1. The van der Waals surface area contributed by atoms with Gasteiger partial charge in [0.05, 0.1) is 0 Å². The van der Waals surface area contributed by atoms with E-state index in [-0.39, 0.29) is 0 Å². The molecule has 0 radical (unpaired) electrons. The molecule has 2 aliphatic rings. The molecule has 0 amide bonds. The van der Waals surface area contributed by atoms with Gasteiger partial charge in [0.25, 0.3) is 0 Å². The lowest BCUT2D eigenvalue weighted by Gasteiger charge is -2.42. The van der Waals surface area contributed by atoms with Gasteiger partial charge >= 0.3 is 0 Å². The first-order valence-corrected chi connectivity index (χ1v) is 5.59. The molecule has 0 N–H and O–H groups in total. The summed E-state index contributed by atoms with van der Waals surface area (Å²) in [6.07, 6.45) is 5.80. The van der Waals surface area contributed by atoms with Crippen molar-refractivity contribution in [2.75, 3.05) is 13.1 Å². The molecule has 2 fully saturated rings. The molecular formula is C11H19NO. The second kappa shape index (κ2) is 3.79. The van der Waals surface area contributed by atoms with Gasteiger partial charge in [-0.3, -0.25) is 9.69 Å². The third-order valence-electron chi connectivity index (χ3n) is 3.66. The van der Waals surface area contributed by atoms with Crippen LogP contribution in [0, 0.1) is 5.92 Å². The molecule has 1 heterocycles. The second-order valence-corrected chi connectivity index (χ2v) is 4.30. The number of likely N-dealkylation sites (tertiary alicyclic amines) is 1. The maximum Gasteiger partial charge on any atom is 0.138 e. The third-order valence-corrected chi connectivity index (χ3v) is 3.66. The summed E-state index contributed by atoms with van der Waals surface area (Å²) in [5.41, 5.74) is 0. The number of carbonyl (C=O) groups excluding carboxylic acids is 1. The quantitative estimate of drug-likeness (QED) is 0.615. The van der Waals surface area contributed by atoms with Crippen LogP contribution in [0.1, 0.15) is 39.0 Å². The predicted octanol–water partition coefficient (Wildman–Crippen LogP) is 1.84. The van der Waals surface area contributed by atoms with E-state index in [1.165, 1.54) is 19.3 Å². The van der Waals surface area contributed by atoms with Gasteiger partial charge in [0.15, 0.2) is 0 Å². The van der Waals surface area contributed by atoms with Crippen molar-refractivity contribution >= 4 is 5.78 Å². The molecule has 2 unspecified atom stereocenters. The molecule has 74 valence electrons. The molecule has 2 nitrogen and oxygen atoms in total. The Labute approximate surface area is 80.3 Å². The maximum atomic E-state index is 11.7. The molecule has 0 spiro atoms. The van der Waals surface area contributed by atoms with E-state index in [9.17, 15) is 4.79 Å². The van der Waals surface area contributed by atoms with Crippen molar-refractivity contribution < 1.29 is 4.79 Å². The summed E-state index contributed by atoms with van der Waals surface area (Å²) < 4.78 is 0. The number of rotatable bonds is 1. The zero-order valence-corrected chi connectivity index (χ0v) is 8.46. The molecule has 1 saturated heterocycles. The Balaban J connectivity index is 2.09. The minimum absolute atomic E-state index is 0.391. The summed E-state index contributed by atoms with van der Waals surface area (Å²) in [6.45, 7) is 4.34. The third kappa shape index (κ3) is 1.64. The Hall–Kier alpha value is -0.370. The molecule has 0 aromatic carbocycles. The zero-order valence-electron chi connectivity index (χ0n) is 8.46. The normalized spacial score (nSPS) is 35.9. The molecule has 2 rings (SSSR count). The molecule has 0 bridgehead atoms. The van der Waals surface area contributed by atoms with E-state index in [4.69, 9.17) is 0 Å². The van der Waals surface area contributed by atoms with Gasteiger partial charge < -0.3 is 0 Å². The fraction of sp³-hybridized carbons (Fsp3) is 0.909. The van der Waals surface area contributed by atoms with E-state index < -0.39 is 0 Å². The number of hydrogen-bond acceptors (Lipinski definition) is 2. The van der Waals surface area contributed by atoms with Gasteiger partial charge in [0.1, 0.15) is 5.78 Å². The maximum absolute atomic E-state index is 11.7. The van der Waals surface area contributed by atoms with Crippen LogP contribution in [0.15, 0.2) is 0 Å². The molecule has 13 heavy (non-hydrogen) atoms. The second-order valence-electron chi connectivity index (χ2n) is 4.30. The van der Waals surface area contributed by atoms with Crippen molar-refractivity contribution in [1.82, 2.24) is 4.90 Å². The van der Waals surface area contributed by atoms with Crippen LogP contribution in [-0.4, -0.2) is 29.8 Å². The van der Waals surface area contributed by atoms with Crippen molar-refractivity contribution in [1.29, 1.82) is 0 Å². The number of fused-ring (bicyclic) bond motifs is 1. The van der Waals surface area contributed by atoms with Crippen LogP contribution in [0.25, 0.3) is 0 Å². The molecule has 0 aromatic heterocycles. The molecule has 1 aliphatic carbocycles. The Morgan fingerprint density at radius 3 is 2.92 bits per heavy atom. The molecule has 2 atom stereocenters. The smallest absolute Gasteiger partial charge is 0.138 e. The van der Waals surface area contributed by atoms with E-state index in [0.29, 0.717) is 17.7 Å². The Kier molecular flexibility index (Phi) is 2.68. The van der Waals surface area contributed by atoms with E-state index in [0.717, 1.165) is 25.9 Å². The predicted molar refractivity (Wildman–Crippen MR) is 52.6 cm³/mol. The Morgan fingerprint density at radius 2 is 2.15 bits per heavy atom. The van der Waals surface area contributed by atoms with Crippen LogP contribution >= 0.6 is 0 Å². The molecule has 0 aromatic rings. The zero-order chi connectivity index (χ0) is 9.26. The average Bonchev–Trinajstić information content (AvgIpc) is 2.19. The van der Waals surface area contributed by atoms with Gasteiger partial charge in [-0.15, -0.1) is 0 Å². The van der Waals surface area contributed by atoms with Crippen LogP contribution < -0.4 is 0 Å². The summed E-state index contributed by atoms with van der Waals surface area (Å²) in [5, 5.41) is 0. The number of hydrogen-bond donors (Lipinski definition) is 0. The van der Waals surface area contributed by atoms with Crippen molar-refractivity contribution in [3.05, 3.63) is 0 Å². The van der Waals surface area contributed by atoms with Crippen LogP contribution in [0.2, 0.25) is 0 Å². The van der Waals surface area contributed by atoms with E-state index in [2.05, 4.69) is 11.8 Å². The van der Waals surface area contributed by atoms with Crippen molar-refractivity contribution in [2.24, 2.45) is 5.92 Å². The highest BCUT2D eigenvalue weighted by Gasteiger charge is 2.37. The first-order chi connectivity index (χ1) is 6.33. The lowest BCUT2D eigenvalue weighted by atomic mass is 9.77. The van der Waals surface area contributed by atoms with Crippen molar-refractivity contribution in [3.63, 3.8) is 0 Å². The van der Waals surface area contributed by atoms with Crippen LogP contribution in [0.5, 0.6) is 0 Å². The number of Topliss-reactive ketones (excluding diaryl/α,β-unsaturated/α-hetero) is 1. The SMILES string of the molecule is CCN1CCC(=O)C2CCCCC21.